The van der Waals surface area contributed by atoms with Gasteiger partial charge in [0, 0.05) is 43.9 Å². The topological polar surface area (TPSA) is 69.7 Å². The highest BCUT2D eigenvalue weighted by molar-refractivity contribution is 5.89. The molecule has 3 fully saturated rings. The molecule has 0 spiro atoms. The summed E-state index contributed by atoms with van der Waals surface area (Å²) in [5.74, 6) is 0.451. The number of nitrogens with zero attached hydrogens (tertiary/aromatic N) is 2. The number of carbonyl (C=O) groups is 3. The first-order valence-corrected chi connectivity index (χ1v) is 11.5. The molecule has 0 radical (unpaired) electrons. The third-order valence-electron chi connectivity index (χ3n) is 6.77. The number of carbonyl (C=O) groups excluding carboxylic acids is 3. The largest absolute Gasteiger partial charge is 0.344 e. The minimum absolute atomic E-state index is 0.0115. The molecule has 2 unspecified atom stereocenters. The molecule has 3 aliphatic rings. The number of nitrogens with one attached hydrogen (secondary N) is 1. The number of amides is 3. The van der Waals surface area contributed by atoms with Crippen molar-refractivity contribution in [2.24, 2.45) is 11.8 Å². The molecule has 6 nitrogen and oxygen atoms in total. The smallest absolute Gasteiger partial charge is 0.245 e. The molecule has 6 heteroatoms. The number of hydrogen-bond donors (Lipinski definition) is 1. The second kappa shape index (κ2) is 9.19. The van der Waals surface area contributed by atoms with Crippen LogP contribution in [0.2, 0.25) is 0 Å². The van der Waals surface area contributed by atoms with Gasteiger partial charge in [0.25, 0.3) is 0 Å². The van der Waals surface area contributed by atoms with Crippen LogP contribution in [0.1, 0.15) is 51.0 Å². The van der Waals surface area contributed by atoms with E-state index < -0.39 is 6.04 Å². The average Bonchev–Trinajstić information content (AvgIpc) is 3.46. The van der Waals surface area contributed by atoms with E-state index in [1.807, 2.05) is 47.1 Å². The third-order valence-corrected chi connectivity index (χ3v) is 6.77. The van der Waals surface area contributed by atoms with Gasteiger partial charge < -0.3 is 15.1 Å². The van der Waals surface area contributed by atoms with Crippen molar-refractivity contribution in [2.45, 2.75) is 64.0 Å². The number of piperazine rings is 1. The van der Waals surface area contributed by atoms with Crippen molar-refractivity contribution in [3.8, 4) is 0 Å². The zero-order chi connectivity index (χ0) is 21.1. The molecular weight excluding hydrogens is 378 g/mol. The van der Waals surface area contributed by atoms with Gasteiger partial charge in [0.05, 0.1) is 0 Å². The van der Waals surface area contributed by atoms with Crippen molar-refractivity contribution >= 4 is 17.7 Å². The van der Waals surface area contributed by atoms with Crippen molar-refractivity contribution in [2.75, 3.05) is 19.6 Å². The summed E-state index contributed by atoms with van der Waals surface area (Å²) in [4.78, 5) is 42.5. The second-order valence-electron chi connectivity index (χ2n) is 9.17. The molecule has 1 aromatic rings. The van der Waals surface area contributed by atoms with Crippen LogP contribution in [0.3, 0.4) is 0 Å². The number of hydrogen-bond acceptors (Lipinski definition) is 3. The van der Waals surface area contributed by atoms with Crippen molar-refractivity contribution in [3.05, 3.63) is 35.9 Å². The van der Waals surface area contributed by atoms with Crippen molar-refractivity contribution in [1.29, 1.82) is 0 Å². The van der Waals surface area contributed by atoms with Crippen LogP contribution >= 0.6 is 0 Å². The fraction of sp³-hybridized carbons (Fsp3) is 0.625. The maximum absolute atomic E-state index is 13.4. The lowest BCUT2D eigenvalue weighted by Gasteiger charge is -2.41. The van der Waals surface area contributed by atoms with Crippen LogP contribution in [-0.4, -0.2) is 59.2 Å². The van der Waals surface area contributed by atoms with Crippen LogP contribution in [0.25, 0.3) is 0 Å². The molecule has 4 rings (SSSR count). The van der Waals surface area contributed by atoms with E-state index in [-0.39, 0.29) is 35.6 Å². The summed E-state index contributed by atoms with van der Waals surface area (Å²) in [6.07, 6.45) is 6.49. The summed E-state index contributed by atoms with van der Waals surface area (Å²) in [6.45, 7) is 3.66. The quantitative estimate of drug-likeness (QED) is 0.781. The van der Waals surface area contributed by atoms with Gasteiger partial charge in [0.2, 0.25) is 17.7 Å². The lowest BCUT2D eigenvalue weighted by Crippen LogP contribution is -2.59. The minimum atomic E-state index is -0.557. The lowest BCUT2D eigenvalue weighted by molar-refractivity contribution is -0.145. The Balaban J connectivity index is 1.43. The molecule has 162 valence electrons. The Kier molecular flexibility index (Phi) is 6.40. The Labute approximate surface area is 179 Å². The van der Waals surface area contributed by atoms with Gasteiger partial charge in [0.15, 0.2) is 0 Å². The van der Waals surface area contributed by atoms with Gasteiger partial charge in [-0.2, -0.15) is 0 Å². The summed E-state index contributed by atoms with van der Waals surface area (Å²) < 4.78 is 0. The highest BCUT2D eigenvalue weighted by Crippen LogP contribution is 2.32. The first kappa shape index (κ1) is 20.9. The molecule has 2 saturated carbocycles. The van der Waals surface area contributed by atoms with E-state index in [9.17, 15) is 14.4 Å². The van der Waals surface area contributed by atoms with E-state index in [4.69, 9.17) is 0 Å². The first-order valence-electron chi connectivity index (χ1n) is 11.5. The normalized spacial score (nSPS) is 23.3. The molecule has 0 aromatic heterocycles. The standard InChI is InChI=1S/C24H33N3O3/c1-17-16-26(13-14-27(17)23(29)20-11-12-20)24(30)21(15-18-7-3-2-4-8-18)25-22(28)19-9-5-6-10-19/h2-4,7-8,17,19-21H,5-6,9-16H2,1H3,(H,25,28). The monoisotopic (exact) mass is 411 g/mol. The Morgan fingerprint density at radius 1 is 1.00 bits per heavy atom. The van der Waals surface area contributed by atoms with Crippen LogP contribution in [0, 0.1) is 11.8 Å². The summed E-state index contributed by atoms with van der Waals surface area (Å²) in [6, 6.07) is 9.32. The van der Waals surface area contributed by atoms with Crippen LogP contribution in [0.4, 0.5) is 0 Å². The molecule has 30 heavy (non-hydrogen) atoms. The average molecular weight is 412 g/mol. The Hall–Kier alpha value is -2.37. The predicted molar refractivity (Wildman–Crippen MR) is 115 cm³/mol. The summed E-state index contributed by atoms with van der Waals surface area (Å²) in [5.41, 5.74) is 1.04. The van der Waals surface area contributed by atoms with Crippen LogP contribution in [-0.2, 0) is 20.8 Å². The third kappa shape index (κ3) is 4.85. The predicted octanol–water partition coefficient (Wildman–Crippen LogP) is 2.37. The molecule has 1 aliphatic heterocycles. The van der Waals surface area contributed by atoms with E-state index in [0.717, 1.165) is 44.1 Å². The van der Waals surface area contributed by atoms with Crippen LogP contribution in [0.5, 0.6) is 0 Å². The summed E-state index contributed by atoms with van der Waals surface area (Å²) >= 11 is 0. The fourth-order valence-electron chi connectivity index (χ4n) is 4.80. The zero-order valence-corrected chi connectivity index (χ0v) is 17.9. The molecular formula is C24H33N3O3. The van der Waals surface area contributed by atoms with Gasteiger partial charge in [-0.05, 0) is 38.2 Å². The van der Waals surface area contributed by atoms with Gasteiger partial charge in [-0.25, -0.2) is 0 Å². The summed E-state index contributed by atoms with van der Waals surface area (Å²) in [5, 5.41) is 3.07. The first-order chi connectivity index (χ1) is 14.5. The van der Waals surface area contributed by atoms with Gasteiger partial charge in [-0.1, -0.05) is 43.2 Å². The van der Waals surface area contributed by atoms with Crippen molar-refractivity contribution < 1.29 is 14.4 Å². The Morgan fingerprint density at radius 2 is 1.70 bits per heavy atom. The van der Waals surface area contributed by atoms with E-state index >= 15 is 0 Å². The molecule has 1 heterocycles. The highest BCUT2D eigenvalue weighted by atomic mass is 16.2. The molecule has 0 bridgehead atoms. The maximum Gasteiger partial charge on any atom is 0.245 e. The fourth-order valence-corrected chi connectivity index (χ4v) is 4.80. The Morgan fingerprint density at radius 3 is 2.33 bits per heavy atom. The lowest BCUT2D eigenvalue weighted by atomic mass is 10.0. The number of rotatable bonds is 6. The maximum atomic E-state index is 13.4. The van der Waals surface area contributed by atoms with Gasteiger partial charge in [-0.15, -0.1) is 0 Å². The molecule has 1 aromatic carbocycles. The molecule has 1 saturated heterocycles. The highest BCUT2D eigenvalue weighted by Gasteiger charge is 2.39. The zero-order valence-electron chi connectivity index (χ0n) is 17.9. The van der Waals surface area contributed by atoms with Gasteiger partial charge in [-0.3, -0.25) is 14.4 Å². The Bertz CT molecular complexity index is 771. The van der Waals surface area contributed by atoms with Crippen LogP contribution < -0.4 is 5.32 Å². The van der Waals surface area contributed by atoms with E-state index in [0.29, 0.717) is 26.1 Å². The van der Waals surface area contributed by atoms with Crippen molar-refractivity contribution in [3.63, 3.8) is 0 Å². The molecule has 2 aliphatic carbocycles. The van der Waals surface area contributed by atoms with E-state index in [1.165, 1.54) is 0 Å². The minimum Gasteiger partial charge on any atom is -0.344 e. The van der Waals surface area contributed by atoms with E-state index in [1.54, 1.807) is 0 Å². The van der Waals surface area contributed by atoms with Crippen molar-refractivity contribution in [1.82, 2.24) is 15.1 Å². The van der Waals surface area contributed by atoms with Gasteiger partial charge in [0.1, 0.15) is 6.04 Å². The van der Waals surface area contributed by atoms with Crippen LogP contribution in [0.15, 0.2) is 30.3 Å². The van der Waals surface area contributed by atoms with Gasteiger partial charge >= 0.3 is 0 Å². The second-order valence-corrected chi connectivity index (χ2v) is 9.17. The number of benzene rings is 1. The molecule has 1 N–H and O–H groups in total. The SMILES string of the molecule is CC1CN(C(=O)C(Cc2ccccc2)NC(=O)C2CCCC2)CCN1C(=O)C1CC1. The molecule has 2 atom stereocenters. The summed E-state index contributed by atoms with van der Waals surface area (Å²) in [7, 11) is 0. The van der Waals surface area contributed by atoms with E-state index in [2.05, 4.69) is 5.32 Å². The molecule has 3 amide bonds.